The standard InChI is InChI=1S/C10H13N3.C2H6/c1-4-9(2)8-11-10(3)13-7-5-6-12-13;1-2/h5-8H,2-4H2,1H3;1-2H3/b11-8-;. The van der Waals surface area contributed by atoms with E-state index in [0.717, 1.165) is 12.0 Å². The van der Waals surface area contributed by atoms with E-state index in [4.69, 9.17) is 0 Å². The number of aromatic nitrogens is 2. The molecule has 0 radical (unpaired) electrons. The van der Waals surface area contributed by atoms with Crippen LogP contribution >= 0.6 is 0 Å². The summed E-state index contributed by atoms with van der Waals surface area (Å²) in [7, 11) is 0. The zero-order valence-electron chi connectivity index (χ0n) is 9.77. The molecule has 0 unspecified atom stereocenters. The lowest BCUT2D eigenvalue weighted by molar-refractivity contribution is 0.891. The van der Waals surface area contributed by atoms with Crippen molar-refractivity contribution in [2.75, 3.05) is 0 Å². The van der Waals surface area contributed by atoms with Gasteiger partial charge >= 0.3 is 0 Å². The summed E-state index contributed by atoms with van der Waals surface area (Å²) in [5, 5.41) is 3.99. The molecule has 1 rings (SSSR count). The van der Waals surface area contributed by atoms with Crippen molar-refractivity contribution in [2.24, 2.45) is 4.99 Å². The van der Waals surface area contributed by atoms with E-state index in [0.29, 0.717) is 5.82 Å². The molecule has 0 atom stereocenters. The Balaban J connectivity index is 0.000000921. The highest BCUT2D eigenvalue weighted by molar-refractivity contribution is 5.80. The second-order valence-electron chi connectivity index (χ2n) is 2.64. The van der Waals surface area contributed by atoms with Crippen molar-refractivity contribution in [3.63, 3.8) is 0 Å². The molecular formula is C12H19N3. The Hall–Kier alpha value is -1.64. The van der Waals surface area contributed by atoms with Gasteiger partial charge in [0.25, 0.3) is 0 Å². The molecule has 0 saturated carbocycles. The van der Waals surface area contributed by atoms with Gasteiger partial charge in [0.2, 0.25) is 0 Å². The predicted octanol–water partition coefficient (Wildman–Crippen LogP) is 3.37. The van der Waals surface area contributed by atoms with Gasteiger partial charge in [0.1, 0.15) is 5.82 Å². The summed E-state index contributed by atoms with van der Waals surface area (Å²) in [5.74, 6) is 0.597. The third-order valence-corrected chi connectivity index (χ3v) is 1.62. The number of aliphatic imine (C=N–C) groups is 1. The van der Waals surface area contributed by atoms with Crippen molar-refractivity contribution >= 4 is 12.0 Å². The quantitative estimate of drug-likeness (QED) is 0.693. The summed E-state index contributed by atoms with van der Waals surface area (Å²) >= 11 is 0. The van der Waals surface area contributed by atoms with Gasteiger partial charge in [-0.1, -0.05) is 33.9 Å². The lowest BCUT2D eigenvalue weighted by Crippen LogP contribution is -1.93. The van der Waals surface area contributed by atoms with Gasteiger partial charge in [-0.3, -0.25) is 0 Å². The first kappa shape index (κ1) is 13.4. The summed E-state index contributed by atoms with van der Waals surface area (Å²) in [6.45, 7) is 13.6. The smallest absolute Gasteiger partial charge is 0.146 e. The van der Waals surface area contributed by atoms with Crippen molar-refractivity contribution in [1.29, 1.82) is 0 Å². The maximum atomic E-state index is 4.12. The molecular weight excluding hydrogens is 186 g/mol. The Morgan fingerprint density at radius 1 is 1.47 bits per heavy atom. The molecule has 1 aromatic heterocycles. The number of allylic oxidation sites excluding steroid dienone is 1. The third kappa shape index (κ3) is 4.96. The average molecular weight is 205 g/mol. The van der Waals surface area contributed by atoms with E-state index >= 15 is 0 Å². The van der Waals surface area contributed by atoms with Gasteiger partial charge in [-0.15, -0.1) is 0 Å². The maximum absolute atomic E-state index is 4.12. The normalized spacial score (nSPS) is 9.53. The van der Waals surface area contributed by atoms with Crippen molar-refractivity contribution in [2.45, 2.75) is 27.2 Å². The third-order valence-electron chi connectivity index (χ3n) is 1.62. The Kier molecular flexibility index (Phi) is 6.89. The molecule has 0 bridgehead atoms. The fourth-order valence-electron chi connectivity index (χ4n) is 0.738. The molecule has 82 valence electrons. The molecule has 0 amide bonds. The summed E-state index contributed by atoms with van der Waals surface area (Å²) in [6.07, 6.45) is 6.10. The van der Waals surface area contributed by atoms with Gasteiger partial charge in [0.15, 0.2) is 0 Å². The maximum Gasteiger partial charge on any atom is 0.146 e. The van der Waals surface area contributed by atoms with Crippen LogP contribution in [0, 0.1) is 0 Å². The molecule has 0 N–H and O–H groups in total. The van der Waals surface area contributed by atoms with E-state index < -0.39 is 0 Å². The van der Waals surface area contributed by atoms with E-state index in [9.17, 15) is 0 Å². The molecule has 3 heteroatoms. The largest absolute Gasteiger partial charge is 0.238 e. The fraction of sp³-hybridized carbons (Fsp3) is 0.333. The lowest BCUT2D eigenvalue weighted by atomic mass is 10.3. The molecule has 0 fully saturated rings. The van der Waals surface area contributed by atoms with E-state index in [1.807, 2.05) is 26.8 Å². The Labute approximate surface area is 91.8 Å². The average Bonchev–Trinajstić information content (AvgIpc) is 2.81. The molecule has 1 aromatic rings. The highest BCUT2D eigenvalue weighted by Crippen LogP contribution is 2.01. The molecule has 3 nitrogen and oxygen atoms in total. The number of nitrogens with zero attached hydrogens (tertiary/aromatic N) is 3. The zero-order valence-corrected chi connectivity index (χ0v) is 9.77. The lowest BCUT2D eigenvalue weighted by Gasteiger charge is -1.98. The molecule has 0 aliphatic carbocycles. The van der Waals surface area contributed by atoms with Crippen LogP contribution in [0.4, 0.5) is 0 Å². The summed E-state index contributed by atoms with van der Waals surface area (Å²) < 4.78 is 1.61. The highest BCUT2D eigenvalue weighted by atomic mass is 15.3. The minimum absolute atomic E-state index is 0.597. The fourth-order valence-corrected chi connectivity index (χ4v) is 0.738. The first-order valence-corrected chi connectivity index (χ1v) is 5.14. The van der Waals surface area contributed by atoms with Crippen LogP contribution in [-0.2, 0) is 0 Å². The molecule has 15 heavy (non-hydrogen) atoms. The molecule has 0 spiro atoms. The molecule has 0 aliphatic rings. The Morgan fingerprint density at radius 3 is 2.60 bits per heavy atom. The number of hydrogen-bond donors (Lipinski definition) is 0. The van der Waals surface area contributed by atoms with Gasteiger partial charge < -0.3 is 0 Å². The Morgan fingerprint density at radius 2 is 2.13 bits per heavy atom. The topological polar surface area (TPSA) is 30.2 Å². The second kappa shape index (κ2) is 7.74. The van der Waals surface area contributed by atoms with E-state index in [1.54, 1.807) is 23.3 Å². The molecule has 0 aliphatic heterocycles. The Bertz CT molecular complexity index is 321. The van der Waals surface area contributed by atoms with Crippen LogP contribution in [0.25, 0.3) is 5.82 Å². The van der Waals surface area contributed by atoms with Crippen LogP contribution in [0.5, 0.6) is 0 Å². The molecule has 1 heterocycles. The first-order valence-electron chi connectivity index (χ1n) is 5.14. The van der Waals surface area contributed by atoms with Crippen LogP contribution in [0.2, 0.25) is 0 Å². The zero-order chi connectivity index (χ0) is 11.7. The van der Waals surface area contributed by atoms with Crippen LogP contribution in [0.1, 0.15) is 27.2 Å². The van der Waals surface area contributed by atoms with Gasteiger partial charge in [0.05, 0.1) is 0 Å². The molecule has 0 aromatic carbocycles. The highest BCUT2D eigenvalue weighted by Gasteiger charge is 1.92. The summed E-state index contributed by atoms with van der Waals surface area (Å²) in [4.78, 5) is 4.12. The van der Waals surface area contributed by atoms with Gasteiger partial charge in [-0.05, 0) is 18.1 Å². The van der Waals surface area contributed by atoms with Crippen molar-refractivity contribution in [3.8, 4) is 0 Å². The van der Waals surface area contributed by atoms with Gasteiger partial charge in [-0.2, -0.15) is 5.10 Å². The van der Waals surface area contributed by atoms with Crippen LogP contribution in [0.15, 0.2) is 42.2 Å². The van der Waals surface area contributed by atoms with Crippen molar-refractivity contribution in [1.82, 2.24) is 9.78 Å². The van der Waals surface area contributed by atoms with Crippen molar-refractivity contribution in [3.05, 3.63) is 37.2 Å². The second-order valence-corrected chi connectivity index (χ2v) is 2.64. The summed E-state index contributed by atoms with van der Waals surface area (Å²) in [6, 6.07) is 1.83. The minimum Gasteiger partial charge on any atom is -0.238 e. The predicted molar refractivity (Wildman–Crippen MR) is 66.8 cm³/mol. The van der Waals surface area contributed by atoms with Crippen LogP contribution in [0.3, 0.4) is 0 Å². The van der Waals surface area contributed by atoms with Gasteiger partial charge in [-0.25, -0.2) is 9.67 Å². The minimum atomic E-state index is 0.597. The van der Waals surface area contributed by atoms with Crippen LogP contribution < -0.4 is 0 Å². The monoisotopic (exact) mass is 205 g/mol. The SMILES string of the molecule is C=C(/C=N\C(=C)n1cccn1)CC.CC. The van der Waals surface area contributed by atoms with Crippen molar-refractivity contribution < 1.29 is 0 Å². The first-order chi connectivity index (χ1) is 7.24. The summed E-state index contributed by atoms with van der Waals surface area (Å²) in [5.41, 5.74) is 0.980. The van der Waals surface area contributed by atoms with E-state index in [1.165, 1.54) is 0 Å². The van der Waals surface area contributed by atoms with Crippen LogP contribution in [-0.4, -0.2) is 16.0 Å². The van der Waals surface area contributed by atoms with Gasteiger partial charge in [0, 0.05) is 18.6 Å². The van der Waals surface area contributed by atoms with E-state index in [-0.39, 0.29) is 0 Å². The number of rotatable bonds is 4. The molecule has 0 saturated heterocycles. The van der Waals surface area contributed by atoms with E-state index in [2.05, 4.69) is 23.2 Å². The number of hydrogen-bond acceptors (Lipinski definition) is 2.